The third-order valence-electron chi connectivity index (χ3n) is 5.25. The van der Waals surface area contributed by atoms with Gasteiger partial charge in [-0.3, -0.25) is 9.59 Å². The number of hydrogen-bond acceptors (Lipinski definition) is 4. The summed E-state index contributed by atoms with van der Waals surface area (Å²) in [6.07, 6.45) is 0.940. The zero-order valence-corrected chi connectivity index (χ0v) is 22.0. The number of carbonyl (C=O) groups is 2. The third kappa shape index (κ3) is 7.82. The molecule has 34 heavy (non-hydrogen) atoms. The zero-order valence-electron chi connectivity index (χ0n) is 20.4. The monoisotopic (exact) mass is 507 g/mol. The van der Waals surface area contributed by atoms with Crippen molar-refractivity contribution < 1.29 is 18.0 Å². The number of hydrogen-bond donors (Lipinski definition) is 1. The van der Waals surface area contributed by atoms with Crippen LogP contribution in [-0.4, -0.2) is 61.2 Å². The van der Waals surface area contributed by atoms with Crippen LogP contribution in [0.25, 0.3) is 0 Å². The van der Waals surface area contributed by atoms with E-state index < -0.39 is 27.5 Å². The first kappa shape index (κ1) is 27.8. The minimum absolute atomic E-state index is 0.0422. The van der Waals surface area contributed by atoms with Gasteiger partial charge in [0.05, 0.1) is 11.4 Å². The summed E-state index contributed by atoms with van der Waals surface area (Å²) in [5.74, 6) is -0.702. The Morgan fingerprint density at radius 3 is 2.15 bits per heavy atom. The van der Waals surface area contributed by atoms with E-state index in [0.717, 1.165) is 9.87 Å². The van der Waals surface area contributed by atoms with Crippen molar-refractivity contribution in [1.29, 1.82) is 0 Å². The van der Waals surface area contributed by atoms with Crippen molar-refractivity contribution in [1.82, 2.24) is 14.5 Å². The van der Waals surface area contributed by atoms with Gasteiger partial charge in [-0.2, -0.15) is 4.31 Å². The van der Waals surface area contributed by atoms with Crippen LogP contribution in [0.5, 0.6) is 0 Å². The van der Waals surface area contributed by atoms with Crippen LogP contribution in [0.4, 0.5) is 0 Å². The van der Waals surface area contributed by atoms with Crippen molar-refractivity contribution in [2.75, 3.05) is 20.1 Å². The number of rotatable bonds is 10. The minimum atomic E-state index is -3.91. The Morgan fingerprint density at radius 1 is 1.03 bits per heavy atom. The van der Waals surface area contributed by atoms with Gasteiger partial charge in [-0.05, 0) is 63.4 Å². The fraction of sp³-hybridized carbons (Fsp3) is 0.440. The molecule has 0 aliphatic carbocycles. The number of amides is 2. The predicted octanol–water partition coefficient (Wildman–Crippen LogP) is 3.73. The second-order valence-electron chi connectivity index (χ2n) is 9.20. The Morgan fingerprint density at radius 2 is 1.62 bits per heavy atom. The highest BCUT2D eigenvalue weighted by Gasteiger charge is 2.32. The largest absolute Gasteiger partial charge is 0.350 e. The lowest BCUT2D eigenvalue weighted by Crippen LogP contribution is -2.55. The Labute approximate surface area is 208 Å². The fourth-order valence-electron chi connectivity index (χ4n) is 3.50. The first-order valence-electron chi connectivity index (χ1n) is 11.2. The maximum atomic E-state index is 13.4. The standard InChI is InChI=1S/C25H34ClN3O4S/c1-6-22(24(31)27-25(2,3)4)29(17-16-19-10-8-7-9-11-19)23(30)18-28(5)34(32,33)21-14-12-20(26)13-15-21/h7-15,22H,6,16-18H2,1-5H3,(H,27,31)/t22-/m0/s1. The summed E-state index contributed by atoms with van der Waals surface area (Å²) in [5, 5.41) is 3.36. The van der Waals surface area contributed by atoms with Crippen LogP contribution in [0.3, 0.4) is 0 Å². The van der Waals surface area contributed by atoms with Crippen molar-refractivity contribution in [2.45, 2.75) is 57.0 Å². The molecule has 2 aromatic rings. The van der Waals surface area contributed by atoms with E-state index in [4.69, 9.17) is 11.6 Å². The molecule has 1 atom stereocenters. The summed E-state index contributed by atoms with van der Waals surface area (Å²) < 4.78 is 27.0. The van der Waals surface area contributed by atoms with Gasteiger partial charge in [0.25, 0.3) is 0 Å². The number of benzene rings is 2. The molecule has 0 radical (unpaired) electrons. The van der Waals surface area contributed by atoms with Gasteiger partial charge in [0.15, 0.2) is 0 Å². The average molecular weight is 508 g/mol. The summed E-state index contributed by atoms with van der Waals surface area (Å²) in [5.41, 5.74) is 0.557. The van der Waals surface area contributed by atoms with E-state index in [9.17, 15) is 18.0 Å². The summed E-state index contributed by atoms with van der Waals surface area (Å²) in [6, 6.07) is 14.7. The highest BCUT2D eigenvalue weighted by Crippen LogP contribution is 2.18. The SMILES string of the molecule is CC[C@@H](C(=O)NC(C)(C)C)N(CCc1ccccc1)C(=O)CN(C)S(=O)(=O)c1ccc(Cl)cc1. The molecule has 9 heteroatoms. The molecule has 186 valence electrons. The van der Waals surface area contributed by atoms with Crippen molar-refractivity contribution in [3.8, 4) is 0 Å². The molecule has 0 fully saturated rings. The van der Waals surface area contributed by atoms with E-state index in [-0.39, 0.29) is 23.9 Å². The Hall–Kier alpha value is -2.42. The van der Waals surface area contributed by atoms with Gasteiger partial charge in [-0.25, -0.2) is 8.42 Å². The second kappa shape index (κ2) is 11.8. The van der Waals surface area contributed by atoms with E-state index in [1.165, 1.54) is 36.2 Å². The van der Waals surface area contributed by atoms with Gasteiger partial charge in [-0.15, -0.1) is 0 Å². The molecule has 2 amide bonds. The number of carbonyl (C=O) groups excluding carboxylic acids is 2. The average Bonchev–Trinajstić information content (AvgIpc) is 2.76. The van der Waals surface area contributed by atoms with Crippen LogP contribution in [0.15, 0.2) is 59.5 Å². The van der Waals surface area contributed by atoms with E-state index >= 15 is 0 Å². The normalized spacial score (nSPS) is 12.9. The molecule has 0 spiro atoms. The molecule has 0 aliphatic heterocycles. The van der Waals surface area contributed by atoms with Gasteiger partial charge in [-0.1, -0.05) is 48.9 Å². The second-order valence-corrected chi connectivity index (χ2v) is 11.7. The number of nitrogens with one attached hydrogen (secondary N) is 1. The van der Waals surface area contributed by atoms with Crippen molar-refractivity contribution in [3.63, 3.8) is 0 Å². The molecule has 0 unspecified atom stereocenters. The van der Waals surface area contributed by atoms with Gasteiger partial charge in [0.1, 0.15) is 6.04 Å². The lowest BCUT2D eigenvalue weighted by molar-refractivity contribution is -0.141. The summed E-state index contributed by atoms with van der Waals surface area (Å²) in [4.78, 5) is 28.0. The van der Waals surface area contributed by atoms with Crippen molar-refractivity contribution >= 4 is 33.4 Å². The van der Waals surface area contributed by atoms with Crippen molar-refractivity contribution in [3.05, 3.63) is 65.2 Å². The third-order valence-corrected chi connectivity index (χ3v) is 7.32. The highest BCUT2D eigenvalue weighted by molar-refractivity contribution is 7.89. The summed E-state index contributed by atoms with van der Waals surface area (Å²) in [7, 11) is -2.55. The first-order valence-corrected chi connectivity index (χ1v) is 13.0. The molecule has 0 saturated carbocycles. The molecule has 2 aromatic carbocycles. The van der Waals surface area contributed by atoms with E-state index in [2.05, 4.69) is 5.32 Å². The summed E-state index contributed by atoms with van der Waals surface area (Å²) in [6.45, 7) is 7.36. The Balaban J connectivity index is 2.27. The fourth-order valence-corrected chi connectivity index (χ4v) is 4.75. The maximum absolute atomic E-state index is 13.4. The first-order chi connectivity index (χ1) is 15.8. The van der Waals surface area contributed by atoms with E-state index in [1.807, 2.05) is 58.0 Å². The number of nitrogens with zero attached hydrogens (tertiary/aromatic N) is 2. The molecule has 2 rings (SSSR count). The van der Waals surface area contributed by atoms with Gasteiger partial charge in [0.2, 0.25) is 21.8 Å². The van der Waals surface area contributed by atoms with Crippen LogP contribution >= 0.6 is 11.6 Å². The summed E-state index contributed by atoms with van der Waals surface area (Å²) >= 11 is 5.87. The van der Waals surface area contributed by atoms with Crippen LogP contribution in [0.1, 0.15) is 39.7 Å². The number of likely N-dealkylation sites (N-methyl/N-ethyl adjacent to an activating group) is 1. The van der Waals surface area contributed by atoms with Crippen LogP contribution < -0.4 is 5.32 Å². The molecule has 0 saturated heterocycles. The smallest absolute Gasteiger partial charge is 0.243 e. The molecule has 7 nitrogen and oxygen atoms in total. The van der Waals surface area contributed by atoms with Gasteiger partial charge < -0.3 is 10.2 Å². The Kier molecular flexibility index (Phi) is 9.67. The van der Waals surface area contributed by atoms with Crippen molar-refractivity contribution in [2.24, 2.45) is 0 Å². The molecule has 0 heterocycles. The maximum Gasteiger partial charge on any atom is 0.243 e. The molecular formula is C25H34ClN3O4S. The van der Waals surface area contributed by atoms with Gasteiger partial charge >= 0.3 is 0 Å². The zero-order chi connectivity index (χ0) is 25.5. The van der Waals surface area contributed by atoms with E-state index in [0.29, 0.717) is 17.9 Å². The molecule has 0 bridgehead atoms. The lowest BCUT2D eigenvalue weighted by atomic mass is 10.1. The van der Waals surface area contributed by atoms with Gasteiger partial charge in [0, 0.05) is 24.2 Å². The van der Waals surface area contributed by atoms with Crippen LogP contribution in [0.2, 0.25) is 5.02 Å². The Bertz CT molecular complexity index is 1070. The number of sulfonamides is 1. The van der Waals surface area contributed by atoms with E-state index in [1.54, 1.807) is 0 Å². The van der Waals surface area contributed by atoms with Crippen LogP contribution in [-0.2, 0) is 26.0 Å². The van der Waals surface area contributed by atoms with Crippen LogP contribution in [0, 0.1) is 0 Å². The highest BCUT2D eigenvalue weighted by atomic mass is 35.5. The molecule has 1 N–H and O–H groups in total. The number of halogens is 1. The molecule has 0 aliphatic rings. The molecule has 0 aromatic heterocycles. The quantitative estimate of drug-likeness (QED) is 0.531. The topological polar surface area (TPSA) is 86.8 Å². The molecular weight excluding hydrogens is 474 g/mol. The predicted molar refractivity (Wildman–Crippen MR) is 135 cm³/mol. The minimum Gasteiger partial charge on any atom is -0.350 e. The lowest BCUT2D eigenvalue weighted by Gasteiger charge is -2.34.